The van der Waals surface area contributed by atoms with E-state index in [0.29, 0.717) is 12.2 Å². The lowest BCUT2D eigenvalue weighted by molar-refractivity contribution is 0.117. The van der Waals surface area contributed by atoms with E-state index >= 15 is 0 Å². The minimum atomic E-state index is 0.641. The third-order valence-corrected chi connectivity index (χ3v) is 2.92. The minimum Gasteiger partial charge on any atom is -0.287 e. The Morgan fingerprint density at radius 2 is 1.77 bits per heavy atom. The van der Waals surface area contributed by atoms with Crippen LogP contribution in [0.15, 0.2) is 0 Å². The molecule has 0 saturated carbocycles. The predicted molar refractivity (Wildman–Crippen MR) is 57.7 cm³/mol. The van der Waals surface area contributed by atoms with Crippen LogP contribution >= 0.6 is 0 Å². The molecule has 0 aliphatic carbocycles. The van der Waals surface area contributed by atoms with Gasteiger partial charge in [0, 0.05) is 25.7 Å². The van der Waals surface area contributed by atoms with E-state index in [1.54, 1.807) is 0 Å². The first-order valence-corrected chi connectivity index (χ1v) is 5.52. The summed E-state index contributed by atoms with van der Waals surface area (Å²) in [4.78, 5) is 5.16. The van der Waals surface area contributed by atoms with E-state index in [1.165, 1.54) is 19.6 Å². The summed E-state index contributed by atoms with van der Waals surface area (Å²) in [5, 5.41) is 0. The summed E-state index contributed by atoms with van der Waals surface area (Å²) in [5.41, 5.74) is 0. The molecule has 2 heteroatoms. The van der Waals surface area contributed by atoms with Crippen molar-refractivity contribution in [2.75, 3.05) is 19.6 Å². The fourth-order valence-corrected chi connectivity index (χ4v) is 2.23. The average molecular weight is 184 g/mol. The Kier molecular flexibility index (Phi) is 3.74. The number of hydrogen-bond donors (Lipinski definition) is 0. The standard InChI is InChI=1S/C11H24N2/c1-9(2)8-12-6-7-13(10(3)4)11(12)5/h9-11H,6-8H2,1-5H3. The van der Waals surface area contributed by atoms with Gasteiger partial charge in [0.05, 0.1) is 6.17 Å². The molecule has 1 unspecified atom stereocenters. The first kappa shape index (κ1) is 11.0. The fourth-order valence-electron chi connectivity index (χ4n) is 2.23. The summed E-state index contributed by atoms with van der Waals surface area (Å²) in [5.74, 6) is 0.787. The van der Waals surface area contributed by atoms with Crippen LogP contribution in [0.25, 0.3) is 0 Å². The molecule has 0 amide bonds. The Balaban J connectivity index is 2.45. The lowest BCUT2D eigenvalue weighted by Gasteiger charge is -2.30. The SMILES string of the molecule is CC(C)CN1CCN(C(C)C)C1C. The van der Waals surface area contributed by atoms with Crippen molar-refractivity contribution in [2.24, 2.45) is 5.92 Å². The van der Waals surface area contributed by atoms with Crippen LogP contribution in [0.3, 0.4) is 0 Å². The van der Waals surface area contributed by atoms with Crippen molar-refractivity contribution in [2.45, 2.75) is 46.8 Å². The molecule has 0 aromatic heterocycles. The second kappa shape index (κ2) is 4.43. The zero-order valence-corrected chi connectivity index (χ0v) is 9.75. The number of nitrogens with zero attached hydrogens (tertiary/aromatic N) is 2. The second-order valence-corrected chi connectivity index (χ2v) is 4.85. The molecule has 0 aromatic rings. The summed E-state index contributed by atoms with van der Waals surface area (Å²) in [6.07, 6.45) is 0.641. The lowest BCUT2D eigenvalue weighted by atomic mass is 10.2. The third kappa shape index (κ3) is 2.68. The summed E-state index contributed by atoms with van der Waals surface area (Å²) >= 11 is 0. The van der Waals surface area contributed by atoms with Gasteiger partial charge in [-0.05, 0) is 26.7 Å². The van der Waals surface area contributed by atoms with Gasteiger partial charge >= 0.3 is 0 Å². The molecule has 1 aliphatic heterocycles. The maximum atomic E-state index is 2.59. The topological polar surface area (TPSA) is 6.48 Å². The van der Waals surface area contributed by atoms with Gasteiger partial charge in [0.2, 0.25) is 0 Å². The van der Waals surface area contributed by atoms with Gasteiger partial charge in [-0.1, -0.05) is 13.8 Å². The van der Waals surface area contributed by atoms with Crippen LogP contribution in [0.4, 0.5) is 0 Å². The summed E-state index contributed by atoms with van der Waals surface area (Å²) < 4.78 is 0. The predicted octanol–water partition coefficient (Wildman–Crippen LogP) is 2.01. The van der Waals surface area contributed by atoms with Crippen LogP contribution in [0.1, 0.15) is 34.6 Å². The van der Waals surface area contributed by atoms with Crippen molar-refractivity contribution in [3.05, 3.63) is 0 Å². The Morgan fingerprint density at radius 3 is 2.15 bits per heavy atom. The Labute approximate surface area is 82.9 Å². The van der Waals surface area contributed by atoms with Gasteiger partial charge in [0.1, 0.15) is 0 Å². The van der Waals surface area contributed by atoms with Gasteiger partial charge in [-0.3, -0.25) is 9.80 Å². The molecule has 1 rings (SSSR count). The van der Waals surface area contributed by atoms with Gasteiger partial charge in [-0.25, -0.2) is 0 Å². The number of hydrogen-bond acceptors (Lipinski definition) is 2. The summed E-state index contributed by atoms with van der Waals surface area (Å²) in [6.45, 7) is 15.2. The second-order valence-electron chi connectivity index (χ2n) is 4.85. The molecule has 2 nitrogen and oxygen atoms in total. The first-order valence-electron chi connectivity index (χ1n) is 5.52. The molecule has 78 valence electrons. The van der Waals surface area contributed by atoms with Gasteiger partial charge < -0.3 is 0 Å². The van der Waals surface area contributed by atoms with Gasteiger partial charge in [0.15, 0.2) is 0 Å². The Bertz CT molecular complexity index is 154. The minimum absolute atomic E-state index is 0.641. The van der Waals surface area contributed by atoms with Crippen LogP contribution in [0.5, 0.6) is 0 Å². The van der Waals surface area contributed by atoms with Crippen LogP contribution < -0.4 is 0 Å². The molecule has 1 atom stereocenters. The normalized spacial score (nSPS) is 26.5. The molecule has 0 bridgehead atoms. The largest absolute Gasteiger partial charge is 0.287 e. The maximum absolute atomic E-state index is 2.59. The molecular weight excluding hydrogens is 160 g/mol. The van der Waals surface area contributed by atoms with E-state index in [1.807, 2.05) is 0 Å². The molecule has 0 aromatic carbocycles. The van der Waals surface area contributed by atoms with E-state index < -0.39 is 0 Å². The van der Waals surface area contributed by atoms with Gasteiger partial charge in [0.25, 0.3) is 0 Å². The van der Waals surface area contributed by atoms with Gasteiger partial charge in [-0.2, -0.15) is 0 Å². The molecular formula is C11H24N2. The van der Waals surface area contributed by atoms with E-state index in [9.17, 15) is 0 Å². The fraction of sp³-hybridized carbons (Fsp3) is 1.00. The zero-order chi connectivity index (χ0) is 10.0. The molecule has 1 aliphatic rings. The first-order chi connectivity index (χ1) is 6.02. The third-order valence-electron chi connectivity index (χ3n) is 2.92. The van der Waals surface area contributed by atoms with Crippen LogP contribution in [0, 0.1) is 5.92 Å². The highest BCUT2D eigenvalue weighted by atomic mass is 15.4. The quantitative estimate of drug-likeness (QED) is 0.662. The van der Waals surface area contributed by atoms with E-state index in [0.717, 1.165) is 5.92 Å². The van der Waals surface area contributed by atoms with Crippen molar-refractivity contribution in [1.29, 1.82) is 0 Å². The molecule has 0 spiro atoms. The zero-order valence-electron chi connectivity index (χ0n) is 9.75. The van der Waals surface area contributed by atoms with Crippen molar-refractivity contribution >= 4 is 0 Å². The van der Waals surface area contributed by atoms with Crippen LogP contribution in [-0.2, 0) is 0 Å². The van der Waals surface area contributed by atoms with Crippen molar-refractivity contribution in [3.8, 4) is 0 Å². The molecule has 1 fully saturated rings. The van der Waals surface area contributed by atoms with E-state index in [4.69, 9.17) is 0 Å². The molecule has 0 N–H and O–H groups in total. The summed E-state index contributed by atoms with van der Waals surface area (Å²) in [7, 11) is 0. The van der Waals surface area contributed by atoms with Crippen molar-refractivity contribution in [3.63, 3.8) is 0 Å². The summed E-state index contributed by atoms with van der Waals surface area (Å²) in [6, 6.07) is 0.687. The van der Waals surface area contributed by atoms with Crippen LogP contribution in [-0.4, -0.2) is 41.6 Å². The van der Waals surface area contributed by atoms with Crippen LogP contribution in [0.2, 0.25) is 0 Å². The van der Waals surface area contributed by atoms with E-state index in [2.05, 4.69) is 44.4 Å². The van der Waals surface area contributed by atoms with Crippen molar-refractivity contribution in [1.82, 2.24) is 9.80 Å². The number of rotatable bonds is 3. The molecule has 1 saturated heterocycles. The molecule has 0 radical (unpaired) electrons. The monoisotopic (exact) mass is 184 g/mol. The highest BCUT2D eigenvalue weighted by Crippen LogP contribution is 2.17. The van der Waals surface area contributed by atoms with E-state index in [-0.39, 0.29) is 0 Å². The maximum Gasteiger partial charge on any atom is 0.0596 e. The lowest BCUT2D eigenvalue weighted by Crippen LogP contribution is -2.41. The van der Waals surface area contributed by atoms with Crippen molar-refractivity contribution < 1.29 is 0 Å². The Hall–Kier alpha value is -0.0800. The Morgan fingerprint density at radius 1 is 1.15 bits per heavy atom. The highest BCUT2D eigenvalue weighted by molar-refractivity contribution is 4.81. The smallest absolute Gasteiger partial charge is 0.0596 e. The molecule has 1 heterocycles. The highest BCUT2D eigenvalue weighted by Gasteiger charge is 2.29. The molecule has 13 heavy (non-hydrogen) atoms. The average Bonchev–Trinajstić information content (AvgIpc) is 2.32. The van der Waals surface area contributed by atoms with Gasteiger partial charge in [-0.15, -0.1) is 0 Å².